The maximum atomic E-state index is 10.9. The Balaban J connectivity index is 1.83. The minimum Gasteiger partial charge on any atom is -0.497 e. The molecule has 0 radical (unpaired) electrons. The summed E-state index contributed by atoms with van der Waals surface area (Å²) < 4.78 is 5.14. The number of primary amides is 1. The van der Waals surface area contributed by atoms with Gasteiger partial charge in [-0.15, -0.1) is 0 Å². The number of benzene rings is 1. The predicted octanol–water partition coefficient (Wildman–Crippen LogP) is 1.40. The van der Waals surface area contributed by atoms with E-state index in [0.717, 1.165) is 18.6 Å². The molecule has 3 N–H and O–H groups in total. The van der Waals surface area contributed by atoms with Crippen LogP contribution in [0.3, 0.4) is 0 Å². The zero-order chi connectivity index (χ0) is 13.1. The third-order valence-corrected chi connectivity index (χ3v) is 3.64. The Hall–Kier alpha value is -1.55. The maximum absolute atomic E-state index is 10.9. The lowest BCUT2D eigenvalue weighted by molar-refractivity contribution is -0.120. The van der Waals surface area contributed by atoms with E-state index in [9.17, 15) is 4.79 Å². The van der Waals surface area contributed by atoms with E-state index in [0.29, 0.717) is 12.0 Å². The van der Waals surface area contributed by atoms with Crippen molar-refractivity contribution in [2.45, 2.75) is 37.8 Å². The molecule has 1 fully saturated rings. The first-order valence-electron chi connectivity index (χ1n) is 6.29. The average molecular weight is 248 g/mol. The number of rotatable bonds is 5. The SMILES string of the molecule is COc1ccc(C2CC(NC(C)C(N)=O)C2)cc1. The van der Waals surface area contributed by atoms with Crippen molar-refractivity contribution in [1.29, 1.82) is 0 Å². The normalized spacial score (nSPS) is 24.1. The Bertz CT molecular complexity index is 410. The quantitative estimate of drug-likeness (QED) is 0.828. The average Bonchev–Trinajstić information content (AvgIpc) is 2.33. The molecule has 0 saturated heterocycles. The van der Waals surface area contributed by atoms with Gasteiger partial charge in [-0.2, -0.15) is 0 Å². The molecule has 0 heterocycles. The van der Waals surface area contributed by atoms with Crippen LogP contribution in [0.5, 0.6) is 5.75 Å². The highest BCUT2D eigenvalue weighted by molar-refractivity contribution is 5.79. The zero-order valence-electron chi connectivity index (χ0n) is 10.8. The van der Waals surface area contributed by atoms with Crippen LogP contribution in [-0.2, 0) is 4.79 Å². The van der Waals surface area contributed by atoms with Gasteiger partial charge in [0.05, 0.1) is 13.2 Å². The highest BCUT2D eigenvalue weighted by Crippen LogP contribution is 2.37. The van der Waals surface area contributed by atoms with Gasteiger partial charge >= 0.3 is 0 Å². The number of ether oxygens (including phenoxy) is 1. The van der Waals surface area contributed by atoms with E-state index in [2.05, 4.69) is 17.4 Å². The molecule has 1 aliphatic carbocycles. The van der Waals surface area contributed by atoms with Crippen LogP contribution >= 0.6 is 0 Å². The van der Waals surface area contributed by atoms with Gasteiger partial charge in [0.2, 0.25) is 5.91 Å². The fourth-order valence-electron chi connectivity index (χ4n) is 2.34. The van der Waals surface area contributed by atoms with Crippen LogP contribution < -0.4 is 15.8 Å². The second-order valence-electron chi connectivity index (χ2n) is 4.93. The number of hydrogen-bond acceptors (Lipinski definition) is 3. The summed E-state index contributed by atoms with van der Waals surface area (Å²) in [5.41, 5.74) is 6.56. The smallest absolute Gasteiger partial charge is 0.234 e. The third kappa shape index (κ3) is 2.82. The molecule has 2 rings (SSSR count). The summed E-state index contributed by atoms with van der Waals surface area (Å²) in [5.74, 6) is 1.17. The van der Waals surface area contributed by atoms with Gasteiger partial charge in [-0.05, 0) is 43.4 Å². The van der Waals surface area contributed by atoms with Gasteiger partial charge in [-0.3, -0.25) is 4.79 Å². The van der Waals surface area contributed by atoms with Crippen molar-refractivity contribution >= 4 is 5.91 Å². The number of carbonyl (C=O) groups excluding carboxylic acids is 1. The minimum absolute atomic E-state index is 0.244. The summed E-state index contributed by atoms with van der Waals surface area (Å²) in [6, 6.07) is 8.35. The summed E-state index contributed by atoms with van der Waals surface area (Å²) in [6.45, 7) is 1.81. The zero-order valence-corrected chi connectivity index (χ0v) is 10.8. The van der Waals surface area contributed by atoms with Crippen LogP contribution in [0.15, 0.2) is 24.3 Å². The lowest BCUT2D eigenvalue weighted by Crippen LogP contribution is -2.49. The van der Waals surface area contributed by atoms with Crippen LogP contribution in [0.4, 0.5) is 0 Å². The van der Waals surface area contributed by atoms with E-state index in [1.165, 1.54) is 5.56 Å². The fraction of sp³-hybridized carbons (Fsp3) is 0.500. The highest BCUT2D eigenvalue weighted by Gasteiger charge is 2.31. The number of nitrogens with one attached hydrogen (secondary N) is 1. The highest BCUT2D eigenvalue weighted by atomic mass is 16.5. The fourth-order valence-corrected chi connectivity index (χ4v) is 2.34. The van der Waals surface area contributed by atoms with Gasteiger partial charge in [0.15, 0.2) is 0 Å². The molecular weight excluding hydrogens is 228 g/mol. The summed E-state index contributed by atoms with van der Waals surface area (Å²) in [6.07, 6.45) is 2.12. The lowest BCUT2D eigenvalue weighted by Gasteiger charge is -2.37. The Morgan fingerprint density at radius 2 is 2.00 bits per heavy atom. The summed E-state index contributed by atoms with van der Waals surface area (Å²) in [4.78, 5) is 10.9. The van der Waals surface area contributed by atoms with Gasteiger partial charge < -0.3 is 15.8 Å². The van der Waals surface area contributed by atoms with E-state index in [1.807, 2.05) is 19.1 Å². The molecule has 1 aliphatic rings. The van der Waals surface area contributed by atoms with Crippen LogP contribution in [0.1, 0.15) is 31.2 Å². The van der Waals surface area contributed by atoms with Crippen LogP contribution in [0.2, 0.25) is 0 Å². The Labute approximate surface area is 108 Å². The van der Waals surface area contributed by atoms with Crippen molar-refractivity contribution in [3.05, 3.63) is 29.8 Å². The van der Waals surface area contributed by atoms with E-state index < -0.39 is 0 Å². The molecule has 1 saturated carbocycles. The third-order valence-electron chi connectivity index (χ3n) is 3.64. The molecule has 1 aromatic rings. The topological polar surface area (TPSA) is 64.3 Å². The summed E-state index contributed by atoms with van der Waals surface area (Å²) in [7, 11) is 1.67. The van der Waals surface area contributed by atoms with Crippen molar-refractivity contribution in [2.75, 3.05) is 7.11 Å². The van der Waals surface area contributed by atoms with Gasteiger partial charge in [-0.25, -0.2) is 0 Å². The Kier molecular flexibility index (Phi) is 3.87. The van der Waals surface area contributed by atoms with E-state index in [-0.39, 0.29) is 11.9 Å². The van der Waals surface area contributed by atoms with Gasteiger partial charge in [0.1, 0.15) is 5.75 Å². The number of amides is 1. The van der Waals surface area contributed by atoms with Crippen LogP contribution in [-0.4, -0.2) is 25.1 Å². The molecule has 4 heteroatoms. The predicted molar refractivity (Wildman–Crippen MR) is 70.5 cm³/mol. The first kappa shape index (κ1) is 12.9. The standard InChI is InChI=1S/C14H20N2O2/c1-9(14(15)17)16-12-7-11(8-12)10-3-5-13(18-2)6-4-10/h3-6,9,11-12,16H,7-8H2,1-2H3,(H2,15,17). The molecule has 98 valence electrons. The van der Waals surface area contributed by atoms with Gasteiger partial charge in [0, 0.05) is 6.04 Å². The molecule has 18 heavy (non-hydrogen) atoms. The van der Waals surface area contributed by atoms with E-state index in [1.54, 1.807) is 7.11 Å². The monoisotopic (exact) mass is 248 g/mol. The number of hydrogen-bond donors (Lipinski definition) is 2. The van der Waals surface area contributed by atoms with Gasteiger partial charge in [0.25, 0.3) is 0 Å². The van der Waals surface area contributed by atoms with E-state index in [4.69, 9.17) is 10.5 Å². The number of carbonyl (C=O) groups is 1. The van der Waals surface area contributed by atoms with Crippen molar-refractivity contribution in [1.82, 2.24) is 5.32 Å². The molecule has 1 atom stereocenters. The molecular formula is C14H20N2O2. The maximum Gasteiger partial charge on any atom is 0.234 e. The first-order valence-corrected chi connectivity index (χ1v) is 6.29. The largest absolute Gasteiger partial charge is 0.497 e. The van der Waals surface area contributed by atoms with Crippen molar-refractivity contribution in [3.63, 3.8) is 0 Å². The first-order chi connectivity index (χ1) is 8.60. The van der Waals surface area contributed by atoms with Crippen LogP contribution in [0.25, 0.3) is 0 Å². The molecule has 4 nitrogen and oxygen atoms in total. The van der Waals surface area contributed by atoms with Crippen LogP contribution in [0, 0.1) is 0 Å². The molecule has 1 amide bonds. The van der Waals surface area contributed by atoms with Crippen molar-refractivity contribution in [3.8, 4) is 5.75 Å². The van der Waals surface area contributed by atoms with Crippen molar-refractivity contribution < 1.29 is 9.53 Å². The molecule has 0 spiro atoms. The number of nitrogens with two attached hydrogens (primary N) is 1. The second-order valence-corrected chi connectivity index (χ2v) is 4.93. The van der Waals surface area contributed by atoms with Gasteiger partial charge in [-0.1, -0.05) is 12.1 Å². The lowest BCUT2D eigenvalue weighted by atomic mass is 9.75. The molecule has 0 aliphatic heterocycles. The second kappa shape index (κ2) is 5.40. The number of methoxy groups -OCH3 is 1. The summed E-state index contributed by atoms with van der Waals surface area (Å²) in [5, 5.41) is 3.24. The molecule has 0 bridgehead atoms. The Morgan fingerprint density at radius 1 is 1.39 bits per heavy atom. The van der Waals surface area contributed by atoms with E-state index >= 15 is 0 Å². The Morgan fingerprint density at radius 3 is 2.50 bits per heavy atom. The molecule has 1 aromatic carbocycles. The van der Waals surface area contributed by atoms with Crippen molar-refractivity contribution in [2.24, 2.45) is 5.73 Å². The summed E-state index contributed by atoms with van der Waals surface area (Å²) >= 11 is 0. The molecule has 1 unspecified atom stereocenters. The molecule has 0 aromatic heterocycles. The minimum atomic E-state index is -0.289.